The van der Waals surface area contributed by atoms with Crippen molar-refractivity contribution in [2.24, 2.45) is 7.05 Å². The van der Waals surface area contributed by atoms with E-state index in [1.54, 1.807) is 10.9 Å². The zero-order valence-electron chi connectivity index (χ0n) is 10.5. The molecule has 0 radical (unpaired) electrons. The van der Waals surface area contributed by atoms with Crippen LogP contribution in [0.1, 0.15) is 6.92 Å². The molecule has 0 spiro atoms. The largest absolute Gasteiger partial charge is 0.325 e. The standard InChI is InChI=1S/C12H13BrN4OS/c1-8(19-12-16-14-7-17(12)2)11(18)15-10-5-3-9(13)4-6-10/h3-8H,1-2H3,(H,15,18)/t8-/m0/s1. The predicted molar refractivity (Wildman–Crippen MR) is 79.1 cm³/mol. The lowest BCUT2D eigenvalue weighted by atomic mass is 10.3. The average molecular weight is 341 g/mol. The molecule has 0 bridgehead atoms. The highest BCUT2D eigenvalue weighted by molar-refractivity contribution is 9.10. The van der Waals surface area contributed by atoms with E-state index in [0.29, 0.717) is 0 Å². The highest BCUT2D eigenvalue weighted by Crippen LogP contribution is 2.21. The van der Waals surface area contributed by atoms with Crippen molar-refractivity contribution in [1.29, 1.82) is 0 Å². The number of thioether (sulfide) groups is 1. The summed E-state index contributed by atoms with van der Waals surface area (Å²) in [5.74, 6) is -0.0599. The molecule has 1 heterocycles. The normalized spacial score (nSPS) is 12.2. The molecular formula is C12H13BrN4OS. The zero-order chi connectivity index (χ0) is 13.8. The lowest BCUT2D eigenvalue weighted by Gasteiger charge is -2.11. The van der Waals surface area contributed by atoms with Crippen LogP contribution in [0.2, 0.25) is 0 Å². The zero-order valence-corrected chi connectivity index (χ0v) is 12.9. The van der Waals surface area contributed by atoms with E-state index < -0.39 is 0 Å². The lowest BCUT2D eigenvalue weighted by molar-refractivity contribution is -0.115. The summed E-state index contributed by atoms with van der Waals surface area (Å²) in [5.41, 5.74) is 0.776. The molecule has 1 aromatic carbocycles. The predicted octanol–water partition coefficient (Wildman–Crippen LogP) is 2.70. The van der Waals surface area contributed by atoms with Gasteiger partial charge >= 0.3 is 0 Å². The first-order valence-corrected chi connectivity index (χ1v) is 7.30. The number of carbonyl (C=O) groups excluding carboxylic acids is 1. The molecule has 0 saturated carbocycles. The number of carbonyl (C=O) groups is 1. The first-order valence-electron chi connectivity index (χ1n) is 5.63. The van der Waals surface area contributed by atoms with Crippen molar-refractivity contribution >= 4 is 39.3 Å². The Morgan fingerprint density at radius 2 is 2.11 bits per heavy atom. The Morgan fingerprint density at radius 3 is 2.68 bits per heavy atom. The Morgan fingerprint density at radius 1 is 1.42 bits per heavy atom. The van der Waals surface area contributed by atoms with E-state index in [9.17, 15) is 4.79 Å². The summed E-state index contributed by atoms with van der Waals surface area (Å²) in [4.78, 5) is 12.0. The molecule has 0 fully saturated rings. The van der Waals surface area contributed by atoms with Crippen LogP contribution in [0, 0.1) is 0 Å². The minimum absolute atomic E-state index is 0.0599. The maximum atomic E-state index is 12.0. The Hall–Kier alpha value is -1.34. The monoisotopic (exact) mass is 340 g/mol. The van der Waals surface area contributed by atoms with Crippen molar-refractivity contribution in [3.8, 4) is 0 Å². The molecule has 1 atom stereocenters. The number of nitrogens with one attached hydrogen (secondary N) is 1. The minimum atomic E-state index is -0.244. The van der Waals surface area contributed by atoms with Crippen molar-refractivity contribution in [3.05, 3.63) is 35.1 Å². The highest BCUT2D eigenvalue weighted by Gasteiger charge is 2.17. The molecule has 1 N–H and O–H groups in total. The molecular weight excluding hydrogens is 328 g/mol. The summed E-state index contributed by atoms with van der Waals surface area (Å²) >= 11 is 4.73. The molecule has 5 nitrogen and oxygen atoms in total. The summed E-state index contributed by atoms with van der Waals surface area (Å²) in [6, 6.07) is 7.47. The van der Waals surface area contributed by atoms with Crippen molar-refractivity contribution in [1.82, 2.24) is 14.8 Å². The van der Waals surface area contributed by atoms with Gasteiger partial charge in [-0.15, -0.1) is 10.2 Å². The minimum Gasteiger partial charge on any atom is -0.325 e. The van der Waals surface area contributed by atoms with Crippen LogP contribution in [0.15, 0.2) is 40.2 Å². The van der Waals surface area contributed by atoms with Gasteiger partial charge in [0, 0.05) is 17.2 Å². The molecule has 0 unspecified atom stereocenters. The SMILES string of the molecule is C[C@H](Sc1nncn1C)C(=O)Nc1ccc(Br)cc1. The third kappa shape index (κ3) is 3.81. The third-order valence-corrected chi connectivity index (χ3v) is 4.11. The Labute approximate surface area is 123 Å². The third-order valence-electron chi connectivity index (χ3n) is 2.43. The molecule has 2 rings (SSSR count). The molecule has 0 aliphatic heterocycles. The van der Waals surface area contributed by atoms with Gasteiger partial charge in [0.15, 0.2) is 5.16 Å². The van der Waals surface area contributed by atoms with Gasteiger partial charge in [0.2, 0.25) is 5.91 Å². The number of halogens is 1. The molecule has 7 heteroatoms. The molecule has 19 heavy (non-hydrogen) atoms. The lowest BCUT2D eigenvalue weighted by Crippen LogP contribution is -2.22. The quantitative estimate of drug-likeness (QED) is 0.869. The number of nitrogens with zero attached hydrogens (tertiary/aromatic N) is 3. The Balaban J connectivity index is 1.96. The average Bonchev–Trinajstić information content (AvgIpc) is 2.78. The summed E-state index contributed by atoms with van der Waals surface area (Å²) in [5, 5.41) is 11.1. The van der Waals surface area contributed by atoms with Gasteiger partial charge in [-0.05, 0) is 31.2 Å². The fourth-order valence-electron chi connectivity index (χ4n) is 1.37. The van der Waals surface area contributed by atoms with Crippen molar-refractivity contribution in [2.75, 3.05) is 5.32 Å². The topological polar surface area (TPSA) is 59.8 Å². The number of benzene rings is 1. The number of hydrogen-bond acceptors (Lipinski definition) is 4. The van der Waals surface area contributed by atoms with E-state index in [1.165, 1.54) is 11.8 Å². The van der Waals surface area contributed by atoms with Crippen LogP contribution in [0.5, 0.6) is 0 Å². The van der Waals surface area contributed by atoms with Crippen LogP contribution in [-0.4, -0.2) is 25.9 Å². The highest BCUT2D eigenvalue weighted by atomic mass is 79.9. The maximum Gasteiger partial charge on any atom is 0.237 e. The summed E-state index contributed by atoms with van der Waals surface area (Å²) in [7, 11) is 1.85. The van der Waals surface area contributed by atoms with Crippen LogP contribution in [0.3, 0.4) is 0 Å². The first-order chi connectivity index (χ1) is 9.06. The van der Waals surface area contributed by atoms with Crippen LogP contribution < -0.4 is 5.32 Å². The van der Waals surface area contributed by atoms with Gasteiger partial charge in [0.05, 0.1) is 5.25 Å². The first kappa shape index (κ1) is 14.1. The second kappa shape index (κ2) is 6.21. The summed E-state index contributed by atoms with van der Waals surface area (Å²) in [6.45, 7) is 1.84. The van der Waals surface area contributed by atoms with E-state index in [4.69, 9.17) is 0 Å². The number of anilines is 1. The number of aromatic nitrogens is 3. The number of hydrogen-bond donors (Lipinski definition) is 1. The second-order valence-electron chi connectivity index (χ2n) is 3.98. The Bertz CT molecular complexity index is 569. The van der Waals surface area contributed by atoms with E-state index in [0.717, 1.165) is 15.3 Å². The van der Waals surface area contributed by atoms with Crippen molar-refractivity contribution < 1.29 is 4.79 Å². The number of amides is 1. The molecule has 0 aliphatic rings. The molecule has 0 saturated heterocycles. The second-order valence-corrected chi connectivity index (χ2v) is 6.20. The molecule has 100 valence electrons. The van der Waals surface area contributed by atoms with E-state index >= 15 is 0 Å². The van der Waals surface area contributed by atoms with Gasteiger partial charge in [-0.2, -0.15) is 0 Å². The number of aryl methyl sites for hydroxylation is 1. The van der Waals surface area contributed by atoms with Gasteiger partial charge in [-0.25, -0.2) is 0 Å². The van der Waals surface area contributed by atoms with Gasteiger partial charge in [0.25, 0.3) is 0 Å². The summed E-state index contributed by atoms with van der Waals surface area (Å²) < 4.78 is 2.76. The Kier molecular flexibility index (Phi) is 4.60. The van der Waals surface area contributed by atoms with Crippen molar-refractivity contribution in [2.45, 2.75) is 17.3 Å². The smallest absolute Gasteiger partial charge is 0.237 e. The van der Waals surface area contributed by atoms with Crippen molar-refractivity contribution in [3.63, 3.8) is 0 Å². The molecule has 2 aromatic rings. The fourth-order valence-corrected chi connectivity index (χ4v) is 2.42. The molecule has 0 aliphatic carbocycles. The van der Waals surface area contributed by atoms with Crippen LogP contribution >= 0.6 is 27.7 Å². The van der Waals surface area contributed by atoms with Crippen LogP contribution in [0.25, 0.3) is 0 Å². The number of rotatable bonds is 4. The van der Waals surface area contributed by atoms with Crippen LogP contribution in [0.4, 0.5) is 5.69 Å². The van der Waals surface area contributed by atoms with Crippen LogP contribution in [-0.2, 0) is 11.8 Å². The summed E-state index contributed by atoms with van der Waals surface area (Å²) in [6.07, 6.45) is 1.61. The van der Waals surface area contributed by atoms with E-state index in [2.05, 4.69) is 31.4 Å². The van der Waals surface area contributed by atoms with E-state index in [1.807, 2.05) is 38.2 Å². The molecule has 1 amide bonds. The molecule has 1 aromatic heterocycles. The van der Waals surface area contributed by atoms with Gasteiger partial charge in [-0.1, -0.05) is 27.7 Å². The van der Waals surface area contributed by atoms with Gasteiger partial charge in [0.1, 0.15) is 6.33 Å². The maximum absolute atomic E-state index is 12.0. The van der Waals surface area contributed by atoms with Gasteiger partial charge < -0.3 is 9.88 Å². The van der Waals surface area contributed by atoms with E-state index in [-0.39, 0.29) is 11.2 Å². The van der Waals surface area contributed by atoms with Gasteiger partial charge in [-0.3, -0.25) is 4.79 Å². The fraction of sp³-hybridized carbons (Fsp3) is 0.250.